The van der Waals surface area contributed by atoms with Crippen molar-refractivity contribution < 1.29 is 4.79 Å². The Kier molecular flexibility index (Phi) is 3.71. The van der Waals surface area contributed by atoms with Gasteiger partial charge in [0.05, 0.1) is 0 Å². The molecule has 1 rings (SSSR count). The summed E-state index contributed by atoms with van der Waals surface area (Å²) in [7, 11) is 0. The molecule has 0 fully saturated rings. The highest BCUT2D eigenvalue weighted by atomic mass is 16.1. The van der Waals surface area contributed by atoms with Gasteiger partial charge < -0.3 is 16.4 Å². The summed E-state index contributed by atoms with van der Waals surface area (Å²) in [6.45, 7) is 3.01. The molecule has 78 valence electrons. The molecule has 5 N–H and O–H groups in total. The van der Waals surface area contributed by atoms with Crippen LogP contribution in [0.4, 0.5) is 11.9 Å². The molecule has 0 saturated carbocycles. The van der Waals surface area contributed by atoms with Crippen LogP contribution >= 0.6 is 0 Å². The van der Waals surface area contributed by atoms with Gasteiger partial charge >= 0.3 is 0 Å². The average Bonchev–Trinajstić information content (AvgIpc) is 2.52. The molecule has 0 aliphatic heterocycles. The largest absolute Gasteiger partial charge is 0.368 e. The van der Waals surface area contributed by atoms with E-state index in [9.17, 15) is 4.79 Å². The molecule has 0 aliphatic rings. The van der Waals surface area contributed by atoms with Gasteiger partial charge in [0.25, 0.3) is 0 Å². The van der Waals surface area contributed by atoms with Crippen LogP contribution in [0.1, 0.15) is 13.3 Å². The Labute approximate surface area is 81.5 Å². The minimum atomic E-state index is 0.00325. The van der Waals surface area contributed by atoms with Gasteiger partial charge in [-0.3, -0.25) is 4.79 Å². The highest BCUT2D eigenvalue weighted by Gasteiger charge is 2.01. The van der Waals surface area contributed by atoms with E-state index in [1.807, 2.05) is 6.92 Å². The zero-order valence-corrected chi connectivity index (χ0v) is 8.00. The van der Waals surface area contributed by atoms with E-state index < -0.39 is 0 Å². The number of hydrogen-bond acceptors (Lipinski definition) is 5. The van der Waals surface area contributed by atoms with Gasteiger partial charge in [0.1, 0.15) is 0 Å². The predicted molar refractivity (Wildman–Crippen MR) is 52.6 cm³/mol. The summed E-state index contributed by atoms with van der Waals surface area (Å²) in [6, 6.07) is 0. The summed E-state index contributed by atoms with van der Waals surface area (Å²) >= 11 is 0. The second-order valence-electron chi connectivity index (χ2n) is 2.67. The number of nitrogens with two attached hydrogens (primary N) is 1. The third-order valence-corrected chi connectivity index (χ3v) is 1.51. The molecule has 0 spiro atoms. The number of aromatic nitrogens is 3. The van der Waals surface area contributed by atoms with Gasteiger partial charge in [-0.25, -0.2) is 5.10 Å². The lowest BCUT2D eigenvalue weighted by atomic mass is 10.4. The summed E-state index contributed by atoms with van der Waals surface area (Å²) in [6.07, 6.45) is 0.391. The van der Waals surface area contributed by atoms with Crippen molar-refractivity contribution in [2.45, 2.75) is 13.3 Å². The van der Waals surface area contributed by atoms with E-state index >= 15 is 0 Å². The number of nitrogens with zero attached hydrogens (tertiary/aromatic N) is 2. The molecule has 0 aromatic carbocycles. The van der Waals surface area contributed by atoms with Crippen molar-refractivity contribution in [3.8, 4) is 0 Å². The normalized spacial score (nSPS) is 9.79. The first-order chi connectivity index (χ1) is 6.72. The Morgan fingerprint density at radius 2 is 2.43 bits per heavy atom. The Bertz CT molecular complexity index is 296. The molecule has 1 aromatic heterocycles. The van der Waals surface area contributed by atoms with E-state index in [1.165, 1.54) is 0 Å². The summed E-state index contributed by atoms with van der Waals surface area (Å²) in [4.78, 5) is 14.8. The first-order valence-corrected chi connectivity index (χ1v) is 4.40. The fourth-order valence-corrected chi connectivity index (χ4v) is 0.927. The van der Waals surface area contributed by atoms with Crippen molar-refractivity contribution >= 4 is 17.8 Å². The van der Waals surface area contributed by atoms with E-state index in [0.717, 1.165) is 0 Å². The molecule has 14 heavy (non-hydrogen) atoms. The minimum absolute atomic E-state index is 0.00325. The van der Waals surface area contributed by atoms with E-state index in [2.05, 4.69) is 25.8 Å². The van der Waals surface area contributed by atoms with E-state index in [-0.39, 0.29) is 11.9 Å². The van der Waals surface area contributed by atoms with E-state index in [1.54, 1.807) is 0 Å². The standard InChI is InChI=1S/C7H14N6O/c1-2-9-5(14)3-4-10-7-11-6(8)12-13-7/h2-4H2,1H3,(H,9,14)(H4,8,10,11,12,13). The summed E-state index contributed by atoms with van der Waals surface area (Å²) in [5, 5.41) is 11.8. The Hall–Kier alpha value is -1.79. The Morgan fingerprint density at radius 1 is 1.64 bits per heavy atom. The molecule has 1 aromatic rings. The second-order valence-corrected chi connectivity index (χ2v) is 2.67. The molecule has 1 amide bonds. The van der Waals surface area contributed by atoms with Gasteiger partial charge in [-0.2, -0.15) is 4.98 Å². The van der Waals surface area contributed by atoms with Gasteiger partial charge in [0.2, 0.25) is 17.8 Å². The van der Waals surface area contributed by atoms with Gasteiger partial charge in [-0.1, -0.05) is 0 Å². The van der Waals surface area contributed by atoms with Crippen molar-refractivity contribution in [1.29, 1.82) is 0 Å². The maximum absolute atomic E-state index is 11.0. The number of H-pyrrole nitrogens is 1. The fourth-order valence-electron chi connectivity index (χ4n) is 0.927. The van der Waals surface area contributed by atoms with Crippen molar-refractivity contribution in [3.05, 3.63) is 0 Å². The SMILES string of the molecule is CCNC(=O)CCNc1n[nH]c(N)n1. The summed E-state index contributed by atoms with van der Waals surface area (Å²) in [5.41, 5.74) is 5.31. The van der Waals surface area contributed by atoms with Crippen LogP contribution in [0.25, 0.3) is 0 Å². The zero-order chi connectivity index (χ0) is 10.4. The topological polar surface area (TPSA) is 109 Å². The molecule has 0 saturated heterocycles. The Morgan fingerprint density at radius 3 is 3.00 bits per heavy atom. The number of hydrogen-bond donors (Lipinski definition) is 4. The van der Waals surface area contributed by atoms with Gasteiger partial charge in [-0.05, 0) is 6.92 Å². The molecule has 0 bridgehead atoms. The molecular formula is C7H14N6O. The maximum Gasteiger partial charge on any atom is 0.243 e. The van der Waals surface area contributed by atoms with Crippen molar-refractivity contribution in [2.24, 2.45) is 0 Å². The number of rotatable bonds is 5. The van der Waals surface area contributed by atoms with Crippen LogP contribution in [0.3, 0.4) is 0 Å². The monoisotopic (exact) mass is 198 g/mol. The van der Waals surface area contributed by atoms with Crippen LogP contribution in [0.5, 0.6) is 0 Å². The molecule has 7 heteroatoms. The molecule has 0 aliphatic carbocycles. The number of aromatic amines is 1. The number of amides is 1. The number of carbonyl (C=O) groups is 1. The quantitative estimate of drug-likeness (QED) is 0.501. The van der Waals surface area contributed by atoms with Crippen molar-refractivity contribution in [2.75, 3.05) is 24.1 Å². The van der Waals surface area contributed by atoms with Crippen LogP contribution < -0.4 is 16.4 Å². The third kappa shape index (κ3) is 3.30. The molecule has 7 nitrogen and oxygen atoms in total. The second kappa shape index (κ2) is 5.05. The molecule has 1 heterocycles. The van der Waals surface area contributed by atoms with Gasteiger partial charge in [0, 0.05) is 19.5 Å². The number of anilines is 2. The fraction of sp³-hybridized carbons (Fsp3) is 0.571. The first-order valence-electron chi connectivity index (χ1n) is 4.40. The minimum Gasteiger partial charge on any atom is -0.368 e. The summed E-state index contributed by atoms with van der Waals surface area (Å²) < 4.78 is 0. The van der Waals surface area contributed by atoms with Crippen LogP contribution in [-0.2, 0) is 4.79 Å². The first kappa shape index (κ1) is 10.3. The molecule has 0 radical (unpaired) electrons. The lowest BCUT2D eigenvalue weighted by molar-refractivity contribution is -0.120. The lowest BCUT2D eigenvalue weighted by Crippen LogP contribution is -2.24. The van der Waals surface area contributed by atoms with E-state index in [4.69, 9.17) is 5.73 Å². The van der Waals surface area contributed by atoms with Gasteiger partial charge in [-0.15, -0.1) is 5.10 Å². The average molecular weight is 198 g/mol. The highest BCUT2D eigenvalue weighted by molar-refractivity contribution is 5.76. The predicted octanol–water partition coefficient (Wildman–Crippen LogP) is -0.675. The van der Waals surface area contributed by atoms with Crippen molar-refractivity contribution in [3.63, 3.8) is 0 Å². The number of carbonyl (C=O) groups excluding carboxylic acids is 1. The maximum atomic E-state index is 11.0. The van der Waals surface area contributed by atoms with Crippen LogP contribution in [-0.4, -0.2) is 34.2 Å². The molecule has 0 atom stereocenters. The van der Waals surface area contributed by atoms with E-state index in [0.29, 0.717) is 25.5 Å². The smallest absolute Gasteiger partial charge is 0.243 e. The van der Waals surface area contributed by atoms with Crippen molar-refractivity contribution in [1.82, 2.24) is 20.5 Å². The van der Waals surface area contributed by atoms with Crippen LogP contribution in [0.2, 0.25) is 0 Å². The summed E-state index contributed by atoms with van der Waals surface area (Å²) in [5.74, 6) is 0.667. The lowest BCUT2D eigenvalue weighted by Gasteiger charge is -2.01. The molecular weight excluding hydrogens is 184 g/mol. The van der Waals surface area contributed by atoms with Crippen LogP contribution in [0.15, 0.2) is 0 Å². The van der Waals surface area contributed by atoms with Gasteiger partial charge in [0.15, 0.2) is 0 Å². The third-order valence-electron chi connectivity index (χ3n) is 1.51. The number of nitrogen functional groups attached to an aromatic ring is 1. The Balaban J connectivity index is 2.18. The highest BCUT2D eigenvalue weighted by Crippen LogP contribution is 1.98. The molecule has 0 unspecified atom stereocenters. The zero-order valence-electron chi connectivity index (χ0n) is 8.00. The number of nitrogens with one attached hydrogen (secondary N) is 3. The van der Waals surface area contributed by atoms with Crippen LogP contribution in [0, 0.1) is 0 Å².